The number of carbonyl (C=O) groups excluding carboxylic acids is 1. The maximum absolute atomic E-state index is 12.0. The van der Waals surface area contributed by atoms with Crippen LogP contribution in [0.5, 0.6) is 0 Å². The van der Waals surface area contributed by atoms with E-state index in [4.69, 9.17) is 0 Å². The summed E-state index contributed by atoms with van der Waals surface area (Å²) in [5.41, 5.74) is 2.55. The number of hydrogen-bond acceptors (Lipinski definition) is 2. The zero-order valence-electron chi connectivity index (χ0n) is 11.9. The first kappa shape index (κ1) is 13.4. The standard InChI is InChI=1S/C16H22N3O/c20-16-7-3-4-10-19(16)13-14-5-1-2-6-15(14)18-11-8-17-9-12-18/h1-2,5-6H,3-4,7-13H2. The molecule has 1 aromatic rings. The zero-order valence-corrected chi connectivity index (χ0v) is 11.9. The van der Waals surface area contributed by atoms with E-state index >= 15 is 0 Å². The van der Waals surface area contributed by atoms with Gasteiger partial charge in [-0.25, -0.2) is 5.32 Å². The summed E-state index contributed by atoms with van der Waals surface area (Å²) in [5, 5.41) is 4.40. The Morgan fingerprint density at radius 3 is 2.65 bits per heavy atom. The number of carbonyl (C=O) groups is 1. The quantitative estimate of drug-likeness (QED) is 0.838. The van der Waals surface area contributed by atoms with E-state index < -0.39 is 0 Å². The van der Waals surface area contributed by atoms with E-state index in [1.54, 1.807) is 0 Å². The van der Waals surface area contributed by atoms with Crippen molar-refractivity contribution in [1.82, 2.24) is 10.2 Å². The normalized spacial score (nSPS) is 20.3. The molecule has 107 valence electrons. The van der Waals surface area contributed by atoms with Crippen LogP contribution in [-0.2, 0) is 11.3 Å². The molecule has 0 atom stereocenters. The Hall–Kier alpha value is -1.55. The van der Waals surface area contributed by atoms with Gasteiger partial charge in [-0.2, -0.15) is 0 Å². The SMILES string of the molecule is O=C1CCCCN1Cc1ccccc1N1CC[N]CC1. The van der Waals surface area contributed by atoms with Crippen molar-refractivity contribution < 1.29 is 4.79 Å². The first-order chi connectivity index (χ1) is 9.84. The molecule has 4 heteroatoms. The molecule has 1 radical (unpaired) electrons. The third-order valence-corrected chi connectivity index (χ3v) is 4.17. The summed E-state index contributed by atoms with van der Waals surface area (Å²) >= 11 is 0. The maximum atomic E-state index is 12.0. The van der Waals surface area contributed by atoms with E-state index in [1.807, 2.05) is 4.90 Å². The Kier molecular flexibility index (Phi) is 4.21. The third kappa shape index (κ3) is 2.96. The van der Waals surface area contributed by atoms with Crippen LogP contribution in [0, 0.1) is 0 Å². The van der Waals surface area contributed by atoms with Crippen LogP contribution < -0.4 is 10.2 Å². The second-order valence-corrected chi connectivity index (χ2v) is 5.56. The smallest absolute Gasteiger partial charge is 0.222 e. The zero-order chi connectivity index (χ0) is 13.8. The molecule has 0 aliphatic carbocycles. The summed E-state index contributed by atoms with van der Waals surface area (Å²) in [6, 6.07) is 8.49. The predicted molar refractivity (Wildman–Crippen MR) is 79.8 cm³/mol. The van der Waals surface area contributed by atoms with E-state index in [1.165, 1.54) is 11.3 Å². The molecule has 3 rings (SSSR count). The lowest BCUT2D eigenvalue weighted by Crippen LogP contribution is -2.41. The van der Waals surface area contributed by atoms with Crippen LogP contribution in [0.1, 0.15) is 24.8 Å². The van der Waals surface area contributed by atoms with Crippen LogP contribution in [0.2, 0.25) is 0 Å². The highest BCUT2D eigenvalue weighted by Crippen LogP contribution is 2.24. The van der Waals surface area contributed by atoms with Crippen molar-refractivity contribution in [3.63, 3.8) is 0 Å². The number of piperazine rings is 1. The van der Waals surface area contributed by atoms with E-state index in [2.05, 4.69) is 34.5 Å². The average molecular weight is 272 g/mol. The molecule has 20 heavy (non-hydrogen) atoms. The van der Waals surface area contributed by atoms with Gasteiger partial charge in [0.1, 0.15) is 0 Å². The van der Waals surface area contributed by atoms with Crippen LogP contribution in [-0.4, -0.2) is 43.5 Å². The highest BCUT2D eigenvalue weighted by Gasteiger charge is 2.20. The molecule has 2 saturated heterocycles. The van der Waals surface area contributed by atoms with Gasteiger partial charge in [-0.15, -0.1) is 0 Å². The number of nitrogens with zero attached hydrogens (tertiary/aromatic N) is 3. The fourth-order valence-electron chi connectivity index (χ4n) is 3.03. The van der Waals surface area contributed by atoms with Crippen molar-refractivity contribution in [3.05, 3.63) is 29.8 Å². The summed E-state index contributed by atoms with van der Waals surface area (Å²) in [7, 11) is 0. The number of piperidine rings is 1. The van der Waals surface area contributed by atoms with Gasteiger partial charge in [0.15, 0.2) is 0 Å². The number of likely N-dealkylation sites (tertiary alicyclic amines) is 1. The summed E-state index contributed by atoms with van der Waals surface area (Å²) in [6.45, 7) is 5.47. The van der Waals surface area contributed by atoms with Gasteiger partial charge in [-0.1, -0.05) is 18.2 Å². The minimum absolute atomic E-state index is 0.305. The van der Waals surface area contributed by atoms with E-state index in [0.717, 1.165) is 52.1 Å². The molecular formula is C16H22N3O. The highest BCUT2D eigenvalue weighted by molar-refractivity contribution is 5.77. The minimum atomic E-state index is 0.305. The van der Waals surface area contributed by atoms with Gasteiger partial charge >= 0.3 is 0 Å². The summed E-state index contributed by atoms with van der Waals surface area (Å²) in [4.78, 5) is 16.4. The molecule has 2 fully saturated rings. The summed E-state index contributed by atoms with van der Waals surface area (Å²) in [5.74, 6) is 0.305. The number of hydrogen-bond donors (Lipinski definition) is 0. The second kappa shape index (κ2) is 6.27. The molecule has 2 aliphatic rings. The van der Waals surface area contributed by atoms with Crippen LogP contribution >= 0.6 is 0 Å². The monoisotopic (exact) mass is 272 g/mol. The number of benzene rings is 1. The Bertz CT molecular complexity index is 469. The van der Waals surface area contributed by atoms with Crippen LogP contribution in [0.25, 0.3) is 0 Å². The fraction of sp³-hybridized carbons (Fsp3) is 0.562. The Labute approximate surface area is 120 Å². The summed E-state index contributed by atoms with van der Waals surface area (Å²) < 4.78 is 0. The molecule has 2 aliphatic heterocycles. The van der Waals surface area contributed by atoms with Gasteiger partial charge in [-0.05, 0) is 24.5 Å². The van der Waals surface area contributed by atoms with Crippen molar-refractivity contribution in [2.75, 3.05) is 37.6 Å². The number of para-hydroxylation sites is 1. The Morgan fingerprint density at radius 1 is 1.05 bits per heavy atom. The largest absolute Gasteiger partial charge is 0.369 e. The van der Waals surface area contributed by atoms with Gasteiger partial charge < -0.3 is 9.80 Å². The number of anilines is 1. The van der Waals surface area contributed by atoms with Gasteiger partial charge in [0.2, 0.25) is 5.91 Å². The van der Waals surface area contributed by atoms with Gasteiger partial charge in [0.25, 0.3) is 0 Å². The molecule has 0 unspecified atom stereocenters. The lowest BCUT2D eigenvalue weighted by molar-refractivity contribution is -0.133. The molecule has 1 aromatic carbocycles. The number of rotatable bonds is 3. The predicted octanol–water partition coefficient (Wildman–Crippen LogP) is 1.62. The molecule has 0 aromatic heterocycles. The first-order valence-electron chi connectivity index (χ1n) is 7.58. The molecule has 4 nitrogen and oxygen atoms in total. The minimum Gasteiger partial charge on any atom is -0.369 e. The third-order valence-electron chi connectivity index (χ3n) is 4.17. The number of amides is 1. The van der Waals surface area contributed by atoms with Crippen molar-refractivity contribution in [2.45, 2.75) is 25.8 Å². The molecular weight excluding hydrogens is 250 g/mol. The first-order valence-corrected chi connectivity index (χ1v) is 7.58. The highest BCUT2D eigenvalue weighted by atomic mass is 16.2. The van der Waals surface area contributed by atoms with Crippen molar-refractivity contribution in [2.24, 2.45) is 0 Å². The van der Waals surface area contributed by atoms with Crippen molar-refractivity contribution >= 4 is 11.6 Å². The van der Waals surface area contributed by atoms with Gasteiger partial charge in [-0.3, -0.25) is 4.79 Å². The van der Waals surface area contributed by atoms with Crippen molar-refractivity contribution in [1.29, 1.82) is 0 Å². The molecule has 2 heterocycles. The van der Waals surface area contributed by atoms with Crippen LogP contribution in [0.3, 0.4) is 0 Å². The molecule has 0 N–H and O–H groups in total. The Morgan fingerprint density at radius 2 is 1.85 bits per heavy atom. The molecule has 1 amide bonds. The van der Waals surface area contributed by atoms with E-state index in [-0.39, 0.29) is 0 Å². The topological polar surface area (TPSA) is 37.7 Å². The lowest BCUT2D eigenvalue weighted by atomic mass is 10.1. The molecule has 0 saturated carbocycles. The lowest BCUT2D eigenvalue weighted by Gasteiger charge is -2.33. The van der Waals surface area contributed by atoms with E-state index in [0.29, 0.717) is 12.3 Å². The maximum Gasteiger partial charge on any atom is 0.222 e. The average Bonchev–Trinajstić information content (AvgIpc) is 2.51. The summed E-state index contributed by atoms with van der Waals surface area (Å²) in [6.07, 6.45) is 2.89. The van der Waals surface area contributed by atoms with Crippen LogP contribution in [0.4, 0.5) is 5.69 Å². The Balaban J connectivity index is 1.76. The molecule has 0 bridgehead atoms. The van der Waals surface area contributed by atoms with Crippen molar-refractivity contribution in [3.8, 4) is 0 Å². The van der Waals surface area contributed by atoms with Gasteiger partial charge in [0.05, 0.1) is 0 Å². The van der Waals surface area contributed by atoms with Crippen LogP contribution in [0.15, 0.2) is 24.3 Å². The molecule has 0 spiro atoms. The second-order valence-electron chi connectivity index (χ2n) is 5.56. The van der Waals surface area contributed by atoms with E-state index in [9.17, 15) is 4.79 Å². The van der Waals surface area contributed by atoms with Gasteiger partial charge in [0, 0.05) is 51.4 Å². The fourth-order valence-corrected chi connectivity index (χ4v) is 3.03.